The van der Waals surface area contributed by atoms with Crippen molar-refractivity contribution in [2.75, 3.05) is 0 Å². The predicted molar refractivity (Wildman–Crippen MR) is 214 cm³/mol. The SMILES string of the molecule is CC1(C)c2cc3c4cc2C2OB(OC21)c1ccc(cc1)B1OC2c5cc6c(cc5C(C)(C)C2O1)C1OB(OC1C6(C)C)c1ccc(cc1)B1OC3C(O1)C4(C)C. The van der Waals surface area contributed by atoms with Crippen LogP contribution in [0.25, 0.3) is 0 Å². The molecule has 0 aromatic heterocycles. The van der Waals surface area contributed by atoms with Gasteiger partial charge >= 0.3 is 28.5 Å². The van der Waals surface area contributed by atoms with Gasteiger partial charge in [-0.2, -0.15) is 0 Å². The molecule has 8 unspecified atom stereocenters. The van der Waals surface area contributed by atoms with Crippen LogP contribution >= 0.6 is 0 Å². The van der Waals surface area contributed by atoms with E-state index >= 15 is 0 Å². The molecule has 0 spiro atoms. The third kappa shape index (κ3) is 4.03. The highest BCUT2D eigenvalue weighted by Gasteiger charge is 2.62. The van der Waals surface area contributed by atoms with E-state index in [0.717, 1.165) is 21.9 Å². The van der Waals surface area contributed by atoms with Gasteiger partial charge in [0.25, 0.3) is 0 Å². The molecule has 27 aliphatic rings. The second-order valence-electron chi connectivity index (χ2n) is 20.1. The van der Waals surface area contributed by atoms with Crippen LogP contribution in [0.1, 0.15) is 124 Å². The van der Waals surface area contributed by atoms with Gasteiger partial charge in [-0.3, -0.25) is 0 Å². The topological polar surface area (TPSA) is 73.8 Å². The second kappa shape index (κ2) is 10.5. The van der Waals surface area contributed by atoms with Crippen molar-refractivity contribution in [3.63, 3.8) is 0 Å². The van der Waals surface area contributed by atoms with Crippen LogP contribution in [0.4, 0.5) is 0 Å². The zero-order chi connectivity index (χ0) is 38.0. The molecule has 4 aromatic rings. The van der Waals surface area contributed by atoms with Gasteiger partial charge in [0.1, 0.15) is 0 Å². The molecule has 31 rings (SSSR count). The summed E-state index contributed by atoms with van der Waals surface area (Å²) in [5.41, 5.74) is 12.8. The van der Waals surface area contributed by atoms with Crippen LogP contribution in [0.2, 0.25) is 0 Å². The lowest BCUT2D eigenvalue weighted by Crippen LogP contribution is -2.40. The summed E-state index contributed by atoms with van der Waals surface area (Å²) in [6.07, 6.45) is -1.16. The lowest BCUT2D eigenvalue weighted by Gasteiger charge is -2.28. The van der Waals surface area contributed by atoms with E-state index in [0.29, 0.717) is 0 Å². The fourth-order valence-electron chi connectivity index (χ4n) is 12.2. The van der Waals surface area contributed by atoms with E-state index in [2.05, 4.69) is 128 Å². The van der Waals surface area contributed by atoms with Gasteiger partial charge in [-0.05, 0) is 66.4 Å². The summed E-state index contributed by atoms with van der Waals surface area (Å²) in [6.45, 7) is 18.2. The number of hydrogen-bond donors (Lipinski definition) is 0. The van der Waals surface area contributed by atoms with Crippen molar-refractivity contribution in [3.05, 3.63) is 117 Å². The Labute approximate surface area is 329 Å². The fourth-order valence-corrected chi connectivity index (χ4v) is 12.2. The van der Waals surface area contributed by atoms with E-state index in [1.807, 2.05) is 0 Å². The van der Waals surface area contributed by atoms with Gasteiger partial charge in [0.15, 0.2) is 0 Å². The normalized spacial score (nSPS) is 34.3. The van der Waals surface area contributed by atoms with Crippen molar-refractivity contribution in [1.82, 2.24) is 0 Å². The molecule has 4 aliphatic carbocycles. The van der Waals surface area contributed by atoms with E-state index in [4.69, 9.17) is 37.2 Å². The molecule has 0 amide bonds. The van der Waals surface area contributed by atoms with Gasteiger partial charge in [-0.25, -0.2) is 0 Å². The molecule has 23 aliphatic heterocycles. The molecule has 56 heavy (non-hydrogen) atoms. The molecule has 23 heterocycles. The highest BCUT2D eigenvalue weighted by Crippen LogP contribution is 2.60. The number of benzene rings is 4. The molecule has 4 aromatic carbocycles. The molecule has 8 atom stereocenters. The van der Waals surface area contributed by atoms with E-state index < -0.39 is 28.5 Å². The first-order valence-corrected chi connectivity index (χ1v) is 20.5. The summed E-state index contributed by atoms with van der Waals surface area (Å²) in [5, 5.41) is 0. The van der Waals surface area contributed by atoms with Gasteiger partial charge in [0, 0.05) is 21.7 Å². The largest absolute Gasteiger partial charge is 0.494 e. The van der Waals surface area contributed by atoms with Gasteiger partial charge < -0.3 is 37.2 Å². The van der Waals surface area contributed by atoms with E-state index in [-0.39, 0.29) is 70.5 Å². The molecular weight excluding hydrogens is 700 g/mol. The molecule has 24 bridgehead atoms. The monoisotopic (exact) mass is 744 g/mol. The van der Waals surface area contributed by atoms with Crippen molar-refractivity contribution in [1.29, 1.82) is 0 Å². The van der Waals surface area contributed by atoms with Gasteiger partial charge in [0.2, 0.25) is 0 Å². The van der Waals surface area contributed by atoms with Crippen LogP contribution in [0, 0.1) is 0 Å². The van der Waals surface area contributed by atoms with Crippen LogP contribution < -0.4 is 21.9 Å². The maximum absolute atomic E-state index is 6.84. The molecule has 0 N–H and O–H groups in total. The highest BCUT2D eigenvalue weighted by atomic mass is 16.7. The smallest absolute Gasteiger partial charge is 0.401 e. The molecule has 4 saturated heterocycles. The van der Waals surface area contributed by atoms with Crippen molar-refractivity contribution in [2.24, 2.45) is 0 Å². The van der Waals surface area contributed by atoms with Crippen LogP contribution in [0.5, 0.6) is 0 Å². The lowest BCUT2D eigenvalue weighted by atomic mass is 9.73. The molecular formula is C44H44B4O8. The molecule has 0 saturated carbocycles. The standard InChI is InChI=1S/C44H44B4O8/c1-41(2)29-17-26-30-18-25(29)33-37(41)53-45(49-33)21-9-11-22(12-10-21)47-51-35-27-19-32-28(20-31(27)43(5,6)39(35)55-47)36-40(44(32,7)8)56-48(52-36)24-15-13-23(14-16-24)46-50-34(26)38(54-46)42(30,3)4/h9-20,33-40H,1-8H3. The van der Waals surface area contributed by atoms with Gasteiger partial charge in [0.05, 0.1) is 48.8 Å². The first-order valence-electron chi connectivity index (χ1n) is 20.5. The van der Waals surface area contributed by atoms with Crippen LogP contribution in [0.15, 0.2) is 72.8 Å². The molecule has 12 heteroatoms. The average Bonchev–Trinajstić information content (AvgIpc) is 4.04. The number of hydrogen-bond acceptors (Lipinski definition) is 8. The van der Waals surface area contributed by atoms with Crippen molar-refractivity contribution in [3.8, 4) is 0 Å². The first-order chi connectivity index (χ1) is 26.7. The summed E-state index contributed by atoms with van der Waals surface area (Å²) in [7, 11) is -1.88. The summed E-state index contributed by atoms with van der Waals surface area (Å²) in [5.74, 6) is 0. The van der Waals surface area contributed by atoms with Crippen LogP contribution in [-0.4, -0.2) is 52.9 Å². The maximum Gasteiger partial charge on any atom is 0.494 e. The van der Waals surface area contributed by atoms with E-state index in [1.165, 1.54) is 44.5 Å². The van der Waals surface area contributed by atoms with Gasteiger partial charge in [-0.15, -0.1) is 0 Å². The third-order valence-electron chi connectivity index (χ3n) is 15.5. The van der Waals surface area contributed by atoms with E-state index in [1.54, 1.807) is 0 Å². The van der Waals surface area contributed by atoms with Crippen molar-refractivity contribution >= 4 is 50.3 Å². The summed E-state index contributed by atoms with van der Waals surface area (Å²) in [6, 6.07) is 26.3. The second-order valence-corrected chi connectivity index (χ2v) is 20.1. The minimum atomic E-state index is -0.471. The molecule has 4 fully saturated rings. The zero-order valence-corrected chi connectivity index (χ0v) is 33.1. The quantitative estimate of drug-likeness (QED) is 0.243. The highest BCUT2D eigenvalue weighted by molar-refractivity contribution is 6.65. The predicted octanol–water partition coefficient (Wildman–Crippen LogP) is 4.57. The van der Waals surface area contributed by atoms with Crippen molar-refractivity contribution in [2.45, 2.75) is 126 Å². The molecule has 280 valence electrons. The summed E-state index contributed by atoms with van der Waals surface area (Å²) >= 11 is 0. The van der Waals surface area contributed by atoms with Crippen molar-refractivity contribution < 1.29 is 37.2 Å². The summed E-state index contributed by atoms with van der Waals surface area (Å²) < 4.78 is 54.7. The van der Waals surface area contributed by atoms with Crippen LogP contribution in [0.3, 0.4) is 0 Å². The third-order valence-corrected chi connectivity index (χ3v) is 15.5. The maximum atomic E-state index is 6.84. The Morgan fingerprint density at radius 2 is 0.518 bits per heavy atom. The Morgan fingerprint density at radius 1 is 0.321 bits per heavy atom. The Bertz CT molecular complexity index is 2060. The Hall–Kier alpha value is -3.18. The fraction of sp³-hybridized carbons (Fsp3) is 0.455. The minimum Gasteiger partial charge on any atom is -0.401 e. The van der Waals surface area contributed by atoms with E-state index in [9.17, 15) is 0 Å². The number of rotatable bonds is 0. The Morgan fingerprint density at radius 3 is 0.714 bits per heavy atom. The summed E-state index contributed by atoms with van der Waals surface area (Å²) in [4.78, 5) is 0. The molecule has 8 nitrogen and oxygen atoms in total. The first kappa shape index (κ1) is 33.8. The lowest BCUT2D eigenvalue weighted by molar-refractivity contribution is 0.113. The average molecular weight is 744 g/mol. The van der Waals surface area contributed by atoms with Gasteiger partial charge in [-0.1, -0.05) is 128 Å². The molecule has 0 radical (unpaired) electrons. The zero-order valence-electron chi connectivity index (χ0n) is 33.1. The minimum absolute atomic E-state index is 0.119. The van der Waals surface area contributed by atoms with Crippen LogP contribution in [-0.2, 0) is 58.9 Å². The Balaban J connectivity index is 0.922. The Kier molecular flexibility index (Phi) is 6.34.